The van der Waals surface area contributed by atoms with E-state index in [9.17, 15) is 9.18 Å². The maximum Gasteiger partial charge on any atom is 0.162 e. The molecular weight excluding hydrogens is 301 g/mol. The van der Waals surface area contributed by atoms with Crippen LogP contribution >= 0.6 is 0 Å². The highest BCUT2D eigenvalue weighted by Crippen LogP contribution is 2.27. The van der Waals surface area contributed by atoms with E-state index in [1.807, 2.05) is 0 Å². The maximum absolute atomic E-state index is 12.9. The quantitative estimate of drug-likeness (QED) is 0.545. The molecule has 0 N–H and O–H groups in total. The largest absolute Gasteiger partial charge is 0.303 e. The van der Waals surface area contributed by atoms with Gasteiger partial charge in [0.25, 0.3) is 0 Å². The molecule has 2 aromatic carbocycles. The van der Waals surface area contributed by atoms with Crippen molar-refractivity contribution >= 4 is 5.78 Å². The number of likely N-dealkylation sites (tertiary alicyclic amines) is 1. The van der Waals surface area contributed by atoms with Crippen molar-refractivity contribution in [3.8, 4) is 0 Å². The molecule has 1 heterocycles. The van der Waals surface area contributed by atoms with Crippen LogP contribution in [0.3, 0.4) is 0 Å². The van der Waals surface area contributed by atoms with Crippen molar-refractivity contribution in [3.05, 3.63) is 71.5 Å². The van der Waals surface area contributed by atoms with Gasteiger partial charge in [-0.2, -0.15) is 0 Å². The van der Waals surface area contributed by atoms with Gasteiger partial charge in [-0.15, -0.1) is 0 Å². The first-order chi connectivity index (χ1) is 11.7. The van der Waals surface area contributed by atoms with Crippen molar-refractivity contribution in [3.63, 3.8) is 0 Å². The van der Waals surface area contributed by atoms with E-state index in [0.717, 1.165) is 32.5 Å². The van der Waals surface area contributed by atoms with Crippen LogP contribution in [0.15, 0.2) is 54.6 Å². The number of hydrogen-bond donors (Lipinski definition) is 0. The molecule has 2 nitrogen and oxygen atoms in total. The molecule has 3 heteroatoms. The number of rotatable bonds is 7. The second-order valence-electron chi connectivity index (χ2n) is 6.58. The molecule has 0 saturated carbocycles. The van der Waals surface area contributed by atoms with E-state index < -0.39 is 0 Å². The lowest BCUT2D eigenvalue weighted by molar-refractivity contribution is 0.0978. The van der Waals surface area contributed by atoms with Crippen LogP contribution in [0.4, 0.5) is 4.39 Å². The summed E-state index contributed by atoms with van der Waals surface area (Å²) >= 11 is 0. The van der Waals surface area contributed by atoms with Crippen molar-refractivity contribution in [2.75, 3.05) is 19.6 Å². The number of nitrogens with zero attached hydrogens (tertiary/aromatic N) is 1. The zero-order valence-electron chi connectivity index (χ0n) is 14.0. The fourth-order valence-electron chi connectivity index (χ4n) is 3.43. The third kappa shape index (κ3) is 4.51. The third-order valence-electron chi connectivity index (χ3n) is 4.84. The minimum absolute atomic E-state index is 0.110. The smallest absolute Gasteiger partial charge is 0.162 e. The minimum Gasteiger partial charge on any atom is -0.303 e. The van der Waals surface area contributed by atoms with Gasteiger partial charge in [0.15, 0.2) is 5.78 Å². The normalized spacial score (nSPS) is 18.0. The minimum atomic E-state index is -0.298. The highest BCUT2D eigenvalue weighted by Gasteiger charge is 2.23. The van der Waals surface area contributed by atoms with E-state index in [1.165, 1.54) is 24.1 Å². The molecule has 2 aromatic rings. The lowest BCUT2D eigenvalue weighted by atomic mass is 9.99. The lowest BCUT2D eigenvalue weighted by Crippen LogP contribution is -2.21. The van der Waals surface area contributed by atoms with E-state index in [-0.39, 0.29) is 11.6 Å². The average molecular weight is 325 g/mol. The maximum atomic E-state index is 12.9. The Morgan fingerprint density at radius 2 is 1.79 bits per heavy atom. The number of Topliss-reactive ketones (excluding diaryl/α,β-unsaturated/α-hetero) is 1. The van der Waals surface area contributed by atoms with Gasteiger partial charge in [0, 0.05) is 18.5 Å². The van der Waals surface area contributed by atoms with Crippen LogP contribution in [-0.4, -0.2) is 30.3 Å². The molecule has 0 amide bonds. The summed E-state index contributed by atoms with van der Waals surface area (Å²) in [5, 5.41) is 0. The molecule has 24 heavy (non-hydrogen) atoms. The number of halogens is 1. The van der Waals surface area contributed by atoms with Crippen molar-refractivity contribution < 1.29 is 9.18 Å². The van der Waals surface area contributed by atoms with Crippen LogP contribution in [0.25, 0.3) is 0 Å². The highest BCUT2D eigenvalue weighted by atomic mass is 19.1. The van der Waals surface area contributed by atoms with Gasteiger partial charge in [-0.25, -0.2) is 4.39 Å². The zero-order valence-corrected chi connectivity index (χ0v) is 14.0. The van der Waals surface area contributed by atoms with Crippen LogP contribution in [-0.2, 0) is 0 Å². The zero-order chi connectivity index (χ0) is 16.8. The van der Waals surface area contributed by atoms with Gasteiger partial charge in [-0.1, -0.05) is 30.3 Å². The Morgan fingerprint density at radius 1 is 1.04 bits per heavy atom. The van der Waals surface area contributed by atoms with Crippen molar-refractivity contribution in [1.29, 1.82) is 0 Å². The number of ketones is 1. The molecule has 126 valence electrons. The van der Waals surface area contributed by atoms with Crippen LogP contribution in [0, 0.1) is 5.82 Å². The van der Waals surface area contributed by atoms with Crippen LogP contribution < -0.4 is 0 Å². The van der Waals surface area contributed by atoms with Gasteiger partial charge in [0.1, 0.15) is 5.82 Å². The fourth-order valence-corrected chi connectivity index (χ4v) is 3.43. The Bertz CT molecular complexity index is 653. The van der Waals surface area contributed by atoms with Gasteiger partial charge in [-0.3, -0.25) is 4.79 Å². The van der Waals surface area contributed by atoms with E-state index in [2.05, 4.69) is 35.2 Å². The Kier molecular flexibility index (Phi) is 5.76. The Hall–Kier alpha value is -2.00. The predicted octanol–water partition coefficient (Wildman–Crippen LogP) is 4.67. The second kappa shape index (κ2) is 8.20. The summed E-state index contributed by atoms with van der Waals surface area (Å²) in [6.45, 7) is 3.32. The van der Waals surface area contributed by atoms with Gasteiger partial charge in [0.05, 0.1) is 0 Å². The third-order valence-corrected chi connectivity index (χ3v) is 4.84. The summed E-state index contributed by atoms with van der Waals surface area (Å²) in [7, 11) is 0. The van der Waals surface area contributed by atoms with E-state index in [4.69, 9.17) is 0 Å². The first-order valence-corrected chi connectivity index (χ1v) is 8.78. The highest BCUT2D eigenvalue weighted by molar-refractivity contribution is 5.95. The molecule has 0 radical (unpaired) electrons. The molecule has 1 fully saturated rings. The summed E-state index contributed by atoms with van der Waals surface area (Å²) in [4.78, 5) is 14.6. The SMILES string of the molecule is O=C(CCCCN1CC[C@H](c2ccccc2)C1)c1ccc(F)cc1. The average Bonchev–Trinajstić information content (AvgIpc) is 3.09. The van der Waals surface area contributed by atoms with Crippen molar-refractivity contribution in [2.45, 2.75) is 31.6 Å². The fraction of sp³-hybridized carbons (Fsp3) is 0.381. The van der Waals surface area contributed by atoms with Crippen molar-refractivity contribution in [1.82, 2.24) is 4.90 Å². The molecule has 3 rings (SSSR count). The molecule has 0 unspecified atom stereocenters. The van der Waals surface area contributed by atoms with Gasteiger partial charge >= 0.3 is 0 Å². The first kappa shape index (κ1) is 16.8. The molecule has 1 aliphatic heterocycles. The molecule has 1 atom stereocenters. The van der Waals surface area contributed by atoms with Crippen LogP contribution in [0.5, 0.6) is 0 Å². The molecule has 0 aromatic heterocycles. The summed E-state index contributed by atoms with van der Waals surface area (Å²) in [6.07, 6.45) is 3.69. The van der Waals surface area contributed by atoms with Crippen LogP contribution in [0.2, 0.25) is 0 Å². The summed E-state index contributed by atoms with van der Waals surface area (Å²) in [5.74, 6) is 0.458. The van der Waals surface area contributed by atoms with Crippen LogP contribution in [0.1, 0.15) is 47.5 Å². The van der Waals surface area contributed by atoms with Gasteiger partial charge in [0.2, 0.25) is 0 Å². The standard InChI is InChI=1S/C21H24FNO/c22-20-11-9-18(10-12-20)21(24)8-4-5-14-23-15-13-19(16-23)17-6-2-1-3-7-17/h1-3,6-7,9-12,19H,4-5,8,13-16H2/t19-/m0/s1. The van der Waals surface area contributed by atoms with E-state index >= 15 is 0 Å². The van der Waals surface area contributed by atoms with Gasteiger partial charge in [-0.05, 0) is 68.1 Å². The lowest BCUT2D eigenvalue weighted by Gasteiger charge is -2.16. The number of carbonyl (C=O) groups is 1. The summed E-state index contributed by atoms with van der Waals surface area (Å²) in [5.41, 5.74) is 2.05. The Balaban J connectivity index is 1.37. The van der Waals surface area contributed by atoms with E-state index in [0.29, 0.717) is 17.9 Å². The number of carbonyl (C=O) groups excluding carboxylic acids is 1. The molecule has 0 aliphatic carbocycles. The number of unbranched alkanes of at least 4 members (excludes halogenated alkanes) is 1. The van der Waals surface area contributed by atoms with Crippen molar-refractivity contribution in [2.24, 2.45) is 0 Å². The van der Waals surface area contributed by atoms with E-state index in [1.54, 1.807) is 12.1 Å². The Morgan fingerprint density at radius 3 is 2.54 bits per heavy atom. The molecule has 0 bridgehead atoms. The Labute approximate surface area is 143 Å². The molecule has 0 spiro atoms. The summed E-state index contributed by atoms with van der Waals surface area (Å²) < 4.78 is 12.9. The second-order valence-corrected chi connectivity index (χ2v) is 6.58. The monoisotopic (exact) mass is 325 g/mol. The number of hydrogen-bond acceptors (Lipinski definition) is 2. The molecule has 1 saturated heterocycles. The topological polar surface area (TPSA) is 20.3 Å². The molecular formula is C21H24FNO. The molecule has 1 aliphatic rings. The predicted molar refractivity (Wildman–Crippen MR) is 94.8 cm³/mol. The first-order valence-electron chi connectivity index (χ1n) is 8.78. The summed E-state index contributed by atoms with van der Waals surface area (Å²) in [6, 6.07) is 16.6. The van der Waals surface area contributed by atoms with Gasteiger partial charge < -0.3 is 4.90 Å². The number of benzene rings is 2.